The highest BCUT2D eigenvalue weighted by Crippen LogP contribution is 2.18. The minimum atomic E-state index is -0.353. The molecule has 78 valence electrons. The van der Waals surface area contributed by atoms with Gasteiger partial charge in [0.1, 0.15) is 6.54 Å². The van der Waals surface area contributed by atoms with Gasteiger partial charge in [0.05, 0.1) is 18.7 Å². The molecule has 0 heterocycles. The fourth-order valence-electron chi connectivity index (χ4n) is 1.00. The number of carbonyl (C=O) groups excluding carboxylic acids is 1. The number of esters is 1. The molecule has 1 aromatic rings. The topological polar surface area (TPSA) is 62.1 Å². The van der Waals surface area contributed by atoms with E-state index >= 15 is 0 Å². The zero-order valence-electron chi connectivity index (χ0n) is 8.08. The molecule has 4 nitrogen and oxygen atoms in total. The average molecular weight is 269 g/mol. The molecule has 0 radical (unpaired) electrons. The summed E-state index contributed by atoms with van der Waals surface area (Å²) in [4.78, 5) is 10.9. The summed E-state index contributed by atoms with van der Waals surface area (Å²) in [6.07, 6.45) is 0. The number of anilines is 1. The number of hydrogen-bond donors (Lipinski definition) is 1. The number of methoxy groups -OCH3 is 1. The maximum absolute atomic E-state index is 10.9. The minimum absolute atomic E-state index is 0.0812. The van der Waals surface area contributed by atoms with Crippen LogP contribution in [0.2, 0.25) is 0 Å². The second kappa shape index (κ2) is 5.37. The quantitative estimate of drug-likeness (QED) is 0.851. The molecule has 0 aliphatic rings. The van der Waals surface area contributed by atoms with Gasteiger partial charge in [-0.15, -0.1) is 0 Å². The molecule has 0 atom stereocenters. The smallest absolute Gasteiger partial charge is 0.325 e. The van der Waals surface area contributed by atoms with Crippen molar-refractivity contribution in [1.29, 1.82) is 5.26 Å². The van der Waals surface area contributed by atoms with Crippen LogP contribution in [-0.4, -0.2) is 19.6 Å². The van der Waals surface area contributed by atoms with Crippen molar-refractivity contribution in [3.8, 4) is 6.07 Å². The summed E-state index contributed by atoms with van der Waals surface area (Å²) in [5.74, 6) is -0.353. The summed E-state index contributed by atoms with van der Waals surface area (Å²) in [6, 6.07) is 7.16. The van der Waals surface area contributed by atoms with Crippen molar-refractivity contribution in [3.05, 3.63) is 28.2 Å². The maximum atomic E-state index is 10.9. The van der Waals surface area contributed by atoms with Crippen LogP contribution < -0.4 is 5.32 Å². The Balaban J connectivity index is 2.74. The summed E-state index contributed by atoms with van der Waals surface area (Å²) in [5.41, 5.74) is 1.23. The van der Waals surface area contributed by atoms with E-state index in [1.807, 2.05) is 6.07 Å². The van der Waals surface area contributed by atoms with Crippen LogP contribution in [0.1, 0.15) is 5.56 Å². The number of benzene rings is 1. The van der Waals surface area contributed by atoms with E-state index in [0.717, 1.165) is 4.47 Å². The molecule has 0 spiro atoms. The number of ether oxygens (including phenoxy) is 1. The number of nitrogens with zero attached hydrogens (tertiary/aromatic N) is 1. The molecule has 0 bridgehead atoms. The van der Waals surface area contributed by atoms with Crippen LogP contribution in [0, 0.1) is 11.3 Å². The van der Waals surface area contributed by atoms with Gasteiger partial charge < -0.3 is 10.1 Å². The molecular weight excluding hydrogens is 260 g/mol. The lowest BCUT2D eigenvalue weighted by Gasteiger charge is -2.05. The lowest BCUT2D eigenvalue weighted by atomic mass is 10.2. The number of nitriles is 1. The van der Waals surface area contributed by atoms with Gasteiger partial charge in [0.2, 0.25) is 0 Å². The van der Waals surface area contributed by atoms with E-state index < -0.39 is 0 Å². The molecular formula is C10H9BrN2O2. The van der Waals surface area contributed by atoms with Gasteiger partial charge in [-0.1, -0.05) is 15.9 Å². The Labute approximate surface area is 96.0 Å². The molecule has 0 aliphatic carbocycles. The van der Waals surface area contributed by atoms with Gasteiger partial charge in [-0.05, 0) is 18.2 Å². The van der Waals surface area contributed by atoms with Crippen LogP contribution in [0.25, 0.3) is 0 Å². The zero-order chi connectivity index (χ0) is 11.3. The van der Waals surface area contributed by atoms with Crippen LogP contribution in [0.3, 0.4) is 0 Å². The first kappa shape index (κ1) is 11.5. The van der Waals surface area contributed by atoms with E-state index in [-0.39, 0.29) is 12.5 Å². The fraction of sp³-hybridized carbons (Fsp3) is 0.200. The van der Waals surface area contributed by atoms with Gasteiger partial charge in [-0.3, -0.25) is 4.79 Å². The highest BCUT2D eigenvalue weighted by Gasteiger charge is 2.02. The third-order valence-electron chi connectivity index (χ3n) is 1.69. The highest BCUT2D eigenvalue weighted by molar-refractivity contribution is 9.10. The van der Waals surface area contributed by atoms with Crippen molar-refractivity contribution in [1.82, 2.24) is 0 Å². The third kappa shape index (κ3) is 3.60. The Morgan fingerprint density at radius 1 is 1.60 bits per heavy atom. The molecule has 0 aromatic heterocycles. The Hall–Kier alpha value is -1.54. The molecule has 0 saturated heterocycles. The molecule has 5 heteroatoms. The van der Waals surface area contributed by atoms with E-state index in [2.05, 4.69) is 26.0 Å². The highest BCUT2D eigenvalue weighted by atomic mass is 79.9. The first-order valence-electron chi connectivity index (χ1n) is 4.17. The molecule has 0 unspecified atom stereocenters. The van der Waals surface area contributed by atoms with E-state index in [1.165, 1.54) is 7.11 Å². The van der Waals surface area contributed by atoms with Gasteiger partial charge in [0.25, 0.3) is 0 Å². The average Bonchev–Trinajstić information content (AvgIpc) is 2.25. The summed E-state index contributed by atoms with van der Waals surface area (Å²) < 4.78 is 5.27. The summed E-state index contributed by atoms with van der Waals surface area (Å²) in [5, 5.41) is 11.6. The number of carbonyl (C=O) groups is 1. The first-order chi connectivity index (χ1) is 7.15. The van der Waals surface area contributed by atoms with Crippen molar-refractivity contribution in [2.24, 2.45) is 0 Å². The fourth-order valence-corrected chi connectivity index (χ4v) is 1.50. The van der Waals surface area contributed by atoms with Crippen LogP contribution in [0.15, 0.2) is 22.7 Å². The first-order valence-corrected chi connectivity index (χ1v) is 4.96. The van der Waals surface area contributed by atoms with E-state index in [4.69, 9.17) is 5.26 Å². The van der Waals surface area contributed by atoms with E-state index in [0.29, 0.717) is 11.3 Å². The maximum Gasteiger partial charge on any atom is 0.325 e. The van der Waals surface area contributed by atoms with Crippen molar-refractivity contribution in [2.75, 3.05) is 19.0 Å². The lowest BCUT2D eigenvalue weighted by Crippen LogP contribution is -2.14. The van der Waals surface area contributed by atoms with Crippen molar-refractivity contribution in [3.63, 3.8) is 0 Å². The number of rotatable bonds is 3. The standard InChI is InChI=1S/C10H9BrN2O2/c1-15-10(14)6-13-9-3-7(5-12)2-8(11)4-9/h2-4,13H,6H2,1H3. The monoisotopic (exact) mass is 268 g/mol. The molecule has 1 aromatic carbocycles. The SMILES string of the molecule is COC(=O)CNc1cc(Br)cc(C#N)c1. The minimum Gasteiger partial charge on any atom is -0.468 e. The number of nitrogens with one attached hydrogen (secondary N) is 1. The van der Waals surface area contributed by atoms with Gasteiger partial charge >= 0.3 is 5.97 Å². The molecule has 1 rings (SSSR count). The molecule has 0 amide bonds. The molecule has 15 heavy (non-hydrogen) atoms. The predicted molar refractivity (Wildman–Crippen MR) is 59.4 cm³/mol. The Morgan fingerprint density at radius 2 is 2.33 bits per heavy atom. The van der Waals surface area contributed by atoms with Gasteiger partial charge in [-0.2, -0.15) is 5.26 Å². The zero-order valence-corrected chi connectivity index (χ0v) is 9.67. The Bertz CT molecular complexity index is 412. The predicted octanol–water partition coefficient (Wildman–Crippen LogP) is 1.91. The molecule has 1 N–H and O–H groups in total. The third-order valence-corrected chi connectivity index (χ3v) is 2.15. The Kier molecular flexibility index (Phi) is 4.13. The Morgan fingerprint density at radius 3 is 2.93 bits per heavy atom. The number of hydrogen-bond acceptors (Lipinski definition) is 4. The second-order valence-electron chi connectivity index (χ2n) is 2.77. The van der Waals surface area contributed by atoms with Crippen molar-refractivity contribution < 1.29 is 9.53 Å². The molecule has 0 fully saturated rings. The van der Waals surface area contributed by atoms with Crippen molar-refractivity contribution >= 4 is 27.6 Å². The summed E-state index contributed by atoms with van der Waals surface area (Å²) in [7, 11) is 1.33. The van der Waals surface area contributed by atoms with Gasteiger partial charge in [0.15, 0.2) is 0 Å². The van der Waals surface area contributed by atoms with Gasteiger partial charge in [-0.25, -0.2) is 0 Å². The van der Waals surface area contributed by atoms with Crippen LogP contribution in [-0.2, 0) is 9.53 Å². The second-order valence-corrected chi connectivity index (χ2v) is 3.69. The van der Waals surface area contributed by atoms with Gasteiger partial charge in [0, 0.05) is 10.2 Å². The number of halogens is 1. The molecule has 0 saturated carbocycles. The normalized spacial score (nSPS) is 9.13. The lowest BCUT2D eigenvalue weighted by molar-refractivity contribution is -0.138. The van der Waals surface area contributed by atoms with E-state index in [9.17, 15) is 4.79 Å². The molecule has 0 aliphatic heterocycles. The van der Waals surface area contributed by atoms with Crippen LogP contribution >= 0.6 is 15.9 Å². The summed E-state index contributed by atoms with van der Waals surface area (Å²) >= 11 is 3.27. The summed E-state index contributed by atoms with van der Waals surface area (Å²) in [6.45, 7) is 0.0812. The van der Waals surface area contributed by atoms with Crippen molar-refractivity contribution in [2.45, 2.75) is 0 Å². The largest absolute Gasteiger partial charge is 0.468 e. The van der Waals surface area contributed by atoms with E-state index in [1.54, 1.807) is 18.2 Å². The van der Waals surface area contributed by atoms with Crippen LogP contribution in [0.5, 0.6) is 0 Å². The van der Waals surface area contributed by atoms with Crippen LogP contribution in [0.4, 0.5) is 5.69 Å².